The Balaban J connectivity index is 3.15. The number of allylic oxidation sites excluding steroid dienone is 2. The molecule has 18 heavy (non-hydrogen) atoms. The summed E-state index contributed by atoms with van der Waals surface area (Å²) >= 11 is 0. The molecular weight excluding hydrogens is 236 g/mol. The van der Waals surface area contributed by atoms with E-state index in [0.29, 0.717) is 0 Å². The average Bonchev–Trinajstić information content (AvgIpc) is 2.11. The van der Waals surface area contributed by atoms with E-state index in [9.17, 15) is 19.5 Å². The van der Waals surface area contributed by atoms with Crippen molar-refractivity contribution < 1.29 is 24.6 Å². The van der Waals surface area contributed by atoms with Crippen LogP contribution in [0.25, 0.3) is 0 Å². The van der Waals surface area contributed by atoms with Crippen LogP contribution in [0.1, 0.15) is 40.0 Å². The second-order valence-electron chi connectivity index (χ2n) is 5.56. The Morgan fingerprint density at radius 2 is 1.89 bits per heavy atom. The number of rotatable bonds is 4. The molecule has 0 fully saturated rings. The second kappa shape index (κ2) is 4.92. The number of carbonyl (C=O) groups is 3. The molecular formula is C13H18O5. The number of aliphatic hydroxyl groups is 1. The molecule has 1 rings (SSSR count). The van der Waals surface area contributed by atoms with Gasteiger partial charge in [-0.05, 0) is 12.3 Å². The Labute approximate surface area is 105 Å². The molecule has 0 spiro atoms. The molecule has 2 N–H and O–H groups in total. The minimum absolute atomic E-state index is 0.00998. The Morgan fingerprint density at radius 3 is 2.28 bits per heavy atom. The van der Waals surface area contributed by atoms with Crippen molar-refractivity contribution in [2.75, 3.05) is 0 Å². The molecule has 1 atom stereocenters. The van der Waals surface area contributed by atoms with E-state index in [1.807, 2.05) is 13.8 Å². The molecule has 0 saturated heterocycles. The first kappa shape index (κ1) is 14.4. The topological polar surface area (TPSA) is 91.7 Å². The number of carboxylic acids is 1. The number of hydrogen-bond acceptors (Lipinski definition) is 4. The molecule has 0 radical (unpaired) electrons. The monoisotopic (exact) mass is 254 g/mol. The molecule has 0 heterocycles. The van der Waals surface area contributed by atoms with Crippen molar-refractivity contribution in [1.82, 2.24) is 0 Å². The van der Waals surface area contributed by atoms with Gasteiger partial charge in [0.05, 0.1) is 12.3 Å². The van der Waals surface area contributed by atoms with Gasteiger partial charge in [-0.25, -0.2) is 0 Å². The third-order valence-electron chi connectivity index (χ3n) is 3.11. The molecule has 0 aromatic rings. The number of carbonyl (C=O) groups excluding carboxylic acids is 2. The lowest BCUT2D eigenvalue weighted by molar-refractivity contribution is -0.140. The van der Waals surface area contributed by atoms with E-state index in [4.69, 9.17) is 5.11 Å². The molecule has 5 heteroatoms. The minimum Gasteiger partial charge on any atom is -0.512 e. The van der Waals surface area contributed by atoms with Crippen LogP contribution in [0.4, 0.5) is 0 Å². The van der Waals surface area contributed by atoms with E-state index in [-0.39, 0.29) is 35.4 Å². The van der Waals surface area contributed by atoms with Gasteiger partial charge in [0.1, 0.15) is 11.5 Å². The molecule has 0 aromatic heterocycles. The van der Waals surface area contributed by atoms with Gasteiger partial charge in [-0.2, -0.15) is 0 Å². The van der Waals surface area contributed by atoms with Crippen molar-refractivity contribution in [3.8, 4) is 0 Å². The largest absolute Gasteiger partial charge is 0.512 e. The molecule has 1 aliphatic carbocycles. The van der Waals surface area contributed by atoms with Gasteiger partial charge >= 0.3 is 5.97 Å². The van der Waals surface area contributed by atoms with Crippen molar-refractivity contribution >= 4 is 17.5 Å². The van der Waals surface area contributed by atoms with Gasteiger partial charge < -0.3 is 10.2 Å². The van der Waals surface area contributed by atoms with E-state index < -0.39 is 24.1 Å². The van der Waals surface area contributed by atoms with Crippen molar-refractivity contribution in [3.05, 3.63) is 11.3 Å². The minimum atomic E-state index is -1.16. The lowest BCUT2D eigenvalue weighted by Gasteiger charge is -2.31. The fourth-order valence-electron chi connectivity index (χ4n) is 2.32. The van der Waals surface area contributed by atoms with Crippen molar-refractivity contribution in [2.24, 2.45) is 11.3 Å². The van der Waals surface area contributed by atoms with Gasteiger partial charge in [-0.1, -0.05) is 13.8 Å². The summed E-state index contributed by atoms with van der Waals surface area (Å²) in [5.74, 6) is -3.07. The summed E-state index contributed by atoms with van der Waals surface area (Å²) in [5, 5.41) is 18.7. The zero-order valence-electron chi connectivity index (χ0n) is 10.8. The first-order valence-electron chi connectivity index (χ1n) is 5.81. The number of hydrogen-bond donors (Lipinski definition) is 2. The Bertz CT molecular complexity index is 431. The Morgan fingerprint density at radius 1 is 1.33 bits per heavy atom. The number of Topliss-reactive ketones (excluding diaryl/α,β-unsaturated/α-hetero) is 2. The first-order chi connectivity index (χ1) is 8.14. The lowest BCUT2D eigenvalue weighted by Crippen LogP contribution is -2.32. The van der Waals surface area contributed by atoms with E-state index in [1.165, 1.54) is 6.92 Å². The third kappa shape index (κ3) is 3.18. The van der Waals surface area contributed by atoms with Crippen molar-refractivity contribution in [3.63, 3.8) is 0 Å². The van der Waals surface area contributed by atoms with Crippen LogP contribution in [0, 0.1) is 11.3 Å². The summed E-state index contributed by atoms with van der Waals surface area (Å²) in [7, 11) is 0. The van der Waals surface area contributed by atoms with Crippen LogP contribution in [0.5, 0.6) is 0 Å². The molecule has 0 aliphatic heterocycles. The molecule has 0 aromatic carbocycles. The van der Waals surface area contributed by atoms with E-state index in [2.05, 4.69) is 0 Å². The van der Waals surface area contributed by atoms with Crippen LogP contribution in [0.2, 0.25) is 0 Å². The lowest BCUT2D eigenvalue weighted by atomic mass is 9.72. The first-order valence-corrected chi connectivity index (χ1v) is 5.81. The normalized spacial score (nSPS) is 20.7. The van der Waals surface area contributed by atoms with Crippen LogP contribution in [-0.4, -0.2) is 27.7 Å². The predicted octanol–water partition coefficient (Wildman–Crippen LogP) is 1.87. The summed E-state index contributed by atoms with van der Waals surface area (Å²) in [6.45, 7) is 4.93. The van der Waals surface area contributed by atoms with Gasteiger partial charge in [-0.3, -0.25) is 14.4 Å². The van der Waals surface area contributed by atoms with Crippen molar-refractivity contribution in [1.29, 1.82) is 0 Å². The van der Waals surface area contributed by atoms with E-state index in [0.717, 1.165) is 0 Å². The summed E-state index contributed by atoms with van der Waals surface area (Å²) in [4.78, 5) is 34.2. The zero-order valence-corrected chi connectivity index (χ0v) is 10.8. The van der Waals surface area contributed by atoms with Gasteiger partial charge in [0.2, 0.25) is 0 Å². The number of aliphatic hydroxyl groups excluding tert-OH is 1. The Kier molecular flexibility index (Phi) is 3.94. The number of carboxylic acid groups (broad SMARTS) is 1. The zero-order chi connectivity index (χ0) is 14.1. The highest BCUT2D eigenvalue weighted by molar-refractivity contribution is 6.03. The molecule has 0 unspecified atom stereocenters. The Hall–Kier alpha value is -1.65. The van der Waals surface area contributed by atoms with Crippen LogP contribution in [0.3, 0.4) is 0 Å². The molecule has 0 amide bonds. The second-order valence-corrected chi connectivity index (χ2v) is 5.56. The smallest absolute Gasteiger partial charge is 0.304 e. The van der Waals surface area contributed by atoms with Gasteiger partial charge in [0.15, 0.2) is 5.78 Å². The van der Waals surface area contributed by atoms with E-state index in [1.54, 1.807) is 0 Å². The quantitative estimate of drug-likeness (QED) is 0.799. The molecule has 100 valence electrons. The number of aliphatic carboxylic acids is 1. The van der Waals surface area contributed by atoms with Crippen LogP contribution in [0.15, 0.2) is 11.3 Å². The third-order valence-corrected chi connectivity index (χ3v) is 3.11. The van der Waals surface area contributed by atoms with Crippen LogP contribution in [-0.2, 0) is 14.4 Å². The highest BCUT2D eigenvalue weighted by Gasteiger charge is 2.38. The molecule has 5 nitrogen and oxygen atoms in total. The predicted molar refractivity (Wildman–Crippen MR) is 64.1 cm³/mol. The fourth-order valence-corrected chi connectivity index (χ4v) is 2.32. The van der Waals surface area contributed by atoms with Crippen LogP contribution < -0.4 is 0 Å². The maximum atomic E-state index is 12.0. The standard InChI is InChI=1S/C13H18O5/c1-7(14)8(4-11(17)18)12-9(15)5-13(2,3)6-10(12)16/h8,15H,4-6H2,1-3H3,(H,17,18)/t8-/m0/s1. The highest BCUT2D eigenvalue weighted by Crippen LogP contribution is 2.38. The summed E-state index contributed by atoms with van der Waals surface area (Å²) in [6.07, 6.45) is 0.0498. The SMILES string of the molecule is CC(=O)[C@H](CC(=O)O)C1=C(O)CC(C)(C)CC1=O. The van der Waals surface area contributed by atoms with Crippen molar-refractivity contribution in [2.45, 2.75) is 40.0 Å². The van der Waals surface area contributed by atoms with Gasteiger partial charge in [0, 0.05) is 18.4 Å². The summed E-state index contributed by atoms with van der Waals surface area (Å²) < 4.78 is 0. The average molecular weight is 254 g/mol. The molecule has 0 bridgehead atoms. The molecule has 1 aliphatic rings. The van der Waals surface area contributed by atoms with E-state index >= 15 is 0 Å². The maximum Gasteiger partial charge on any atom is 0.304 e. The maximum absolute atomic E-state index is 12.0. The van der Waals surface area contributed by atoms with Crippen LogP contribution >= 0.6 is 0 Å². The van der Waals surface area contributed by atoms with Gasteiger partial charge in [0.25, 0.3) is 0 Å². The molecule has 0 saturated carbocycles. The summed E-state index contributed by atoms with van der Waals surface area (Å²) in [5.41, 5.74) is -0.362. The highest BCUT2D eigenvalue weighted by atomic mass is 16.4. The number of ketones is 2. The summed E-state index contributed by atoms with van der Waals surface area (Å²) in [6, 6.07) is 0. The van der Waals surface area contributed by atoms with Gasteiger partial charge in [-0.15, -0.1) is 0 Å². The fraction of sp³-hybridized carbons (Fsp3) is 0.615.